The molecule has 1 fully saturated rings. The minimum atomic E-state index is 0.607. The second kappa shape index (κ2) is 7.12. The van der Waals surface area contributed by atoms with E-state index in [9.17, 15) is 0 Å². The van der Waals surface area contributed by atoms with E-state index in [1.165, 1.54) is 12.8 Å². The number of thiocarbonyl (C=S) groups is 1. The van der Waals surface area contributed by atoms with Gasteiger partial charge in [-0.05, 0) is 37.4 Å². The Bertz CT molecular complexity index is 715. The Morgan fingerprint density at radius 1 is 1.50 bits per heavy atom. The number of imidazole rings is 1. The quantitative estimate of drug-likeness (QED) is 0.502. The summed E-state index contributed by atoms with van der Waals surface area (Å²) >= 11 is 6.92. The van der Waals surface area contributed by atoms with Gasteiger partial charge >= 0.3 is 0 Å². The van der Waals surface area contributed by atoms with Gasteiger partial charge < -0.3 is 10.6 Å². The molecule has 116 valence electrons. The number of hydrogen-bond acceptors (Lipinski definition) is 3. The van der Waals surface area contributed by atoms with Crippen LogP contribution in [0.15, 0.2) is 11.6 Å². The van der Waals surface area contributed by atoms with Gasteiger partial charge in [-0.25, -0.2) is 4.98 Å². The third-order valence-corrected chi connectivity index (χ3v) is 4.68. The molecular formula is C16H20N4S2. The zero-order chi connectivity index (χ0) is 15.4. The van der Waals surface area contributed by atoms with Crippen LogP contribution in [0, 0.1) is 17.8 Å². The Labute approximate surface area is 140 Å². The van der Waals surface area contributed by atoms with Gasteiger partial charge in [0.2, 0.25) is 0 Å². The van der Waals surface area contributed by atoms with Crippen LogP contribution in [0.2, 0.25) is 0 Å². The Balaban J connectivity index is 1.65. The second-order valence-electron chi connectivity index (χ2n) is 5.50. The first kappa shape index (κ1) is 15.3. The van der Waals surface area contributed by atoms with E-state index in [1.54, 1.807) is 11.3 Å². The van der Waals surface area contributed by atoms with Gasteiger partial charge in [0.05, 0.1) is 18.4 Å². The SMILES string of the molecule is CCCCNC(=S)NCc1cnc2scc(C#CC3CC3)n12. The molecule has 1 aliphatic carbocycles. The van der Waals surface area contributed by atoms with E-state index in [1.807, 2.05) is 6.20 Å². The van der Waals surface area contributed by atoms with E-state index >= 15 is 0 Å². The smallest absolute Gasteiger partial charge is 0.194 e. The standard InChI is InChI=1S/C16H20N4S2/c1-2-3-8-17-15(21)18-9-14-10-19-16-20(14)13(11-22-16)7-6-12-4-5-12/h10-12H,2-5,8-9H2,1H3,(H2,17,18,21). The van der Waals surface area contributed by atoms with Gasteiger partial charge in [0.1, 0.15) is 5.69 Å². The average molecular weight is 332 g/mol. The highest BCUT2D eigenvalue weighted by Gasteiger charge is 2.18. The summed E-state index contributed by atoms with van der Waals surface area (Å²) in [7, 11) is 0. The number of rotatable bonds is 5. The molecule has 2 heterocycles. The maximum atomic E-state index is 5.29. The maximum absolute atomic E-state index is 5.29. The van der Waals surface area contributed by atoms with E-state index in [0.29, 0.717) is 17.6 Å². The number of nitrogens with zero attached hydrogens (tertiary/aromatic N) is 2. The molecule has 4 nitrogen and oxygen atoms in total. The first-order chi connectivity index (χ1) is 10.8. The molecule has 0 aliphatic heterocycles. The predicted octanol–water partition coefficient (Wildman–Crippen LogP) is 2.92. The van der Waals surface area contributed by atoms with Gasteiger partial charge in [-0.2, -0.15) is 0 Å². The van der Waals surface area contributed by atoms with Crippen molar-refractivity contribution < 1.29 is 0 Å². The Morgan fingerprint density at radius 3 is 3.14 bits per heavy atom. The van der Waals surface area contributed by atoms with Gasteiger partial charge in [0, 0.05) is 17.8 Å². The Kier molecular flexibility index (Phi) is 4.96. The van der Waals surface area contributed by atoms with Crippen LogP contribution in [-0.4, -0.2) is 21.0 Å². The first-order valence-electron chi connectivity index (χ1n) is 7.75. The molecule has 22 heavy (non-hydrogen) atoms. The summed E-state index contributed by atoms with van der Waals surface area (Å²) in [6.45, 7) is 3.75. The molecule has 0 aromatic carbocycles. The lowest BCUT2D eigenvalue weighted by molar-refractivity contribution is 0.735. The topological polar surface area (TPSA) is 41.4 Å². The number of fused-ring (bicyclic) bond motifs is 1. The minimum Gasteiger partial charge on any atom is -0.363 e. The molecule has 0 radical (unpaired) electrons. The van der Waals surface area contributed by atoms with Crippen molar-refractivity contribution in [3.63, 3.8) is 0 Å². The van der Waals surface area contributed by atoms with Crippen LogP contribution in [0.25, 0.3) is 4.96 Å². The largest absolute Gasteiger partial charge is 0.363 e. The highest BCUT2D eigenvalue weighted by atomic mass is 32.1. The molecule has 2 aromatic heterocycles. The van der Waals surface area contributed by atoms with Gasteiger partial charge in [-0.3, -0.25) is 4.40 Å². The zero-order valence-electron chi connectivity index (χ0n) is 12.7. The fourth-order valence-corrected chi connectivity index (χ4v) is 3.09. The van der Waals surface area contributed by atoms with Crippen LogP contribution in [0.1, 0.15) is 44.0 Å². The third kappa shape index (κ3) is 3.79. The minimum absolute atomic E-state index is 0.607. The molecule has 0 amide bonds. The number of nitrogens with one attached hydrogen (secondary N) is 2. The van der Waals surface area contributed by atoms with Crippen LogP contribution in [-0.2, 0) is 6.54 Å². The normalized spacial score (nSPS) is 13.7. The van der Waals surface area contributed by atoms with Crippen LogP contribution < -0.4 is 10.6 Å². The highest BCUT2D eigenvalue weighted by molar-refractivity contribution is 7.80. The molecule has 6 heteroatoms. The van der Waals surface area contributed by atoms with Gasteiger partial charge in [0.15, 0.2) is 10.1 Å². The molecule has 3 rings (SSSR count). The molecule has 2 aromatic rings. The molecule has 0 bridgehead atoms. The van der Waals surface area contributed by atoms with E-state index in [-0.39, 0.29) is 0 Å². The van der Waals surface area contributed by atoms with Crippen molar-refractivity contribution >= 4 is 33.6 Å². The average Bonchev–Trinajstić information content (AvgIpc) is 3.12. The molecule has 0 spiro atoms. The monoisotopic (exact) mass is 332 g/mol. The Hall–Kier alpha value is -1.58. The summed E-state index contributed by atoms with van der Waals surface area (Å²) in [6.07, 6.45) is 6.68. The van der Waals surface area contributed by atoms with E-state index in [4.69, 9.17) is 12.2 Å². The van der Waals surface area contributed by atoms with Crippen molar-refractivity contribution in [1.29, 1.82) is 0 Å². The molecule has 2 N–H and O–H groups in total. The number of hydrogen-bond donors (Lipinski definition) is 2. The number of unbranched alkanes of at least 4 members (excludes halogenated alkanes) is 1. The highest BCUT2D eigenvalue weighted by Crippen LogP contribution is 2.28. The lowest BCUT2D eigenvalue weighted by Gasteiger charge is -2.09. The lowest BCUT2D eigenvalue weighted by Crippen LogP contribution is -2.35. The summed E-state index contributed by atoms with van der Waals surface area (Å²) < 4.78 is 2.13. The van der Waals surface area contributed by atoms with E-state index < -0.39 is 0 Å². The third-order valence-electron chi connectivity index (χ3n) is 3.55. The lowest BCUT2D eigenvalue weighted by atomic mass is 10.3. The van der Waals surface area contributed by atoms with Gasteiger partial charge in [0.25, 0.3) is 0 Å². The summed E-state index contributed by atoms with van der Waals surface area (Å²) in [6, 6.07) is 0. The molecule has 1 aliphatic rings. The summed E-state index contributed by atoms with van der Waals surface area (Å²) in [4.78, 5) is 5.43. The fraction of sp³-hybridized carbons (Fsp3) is 0.500. The van der Waals surface area contributed by atoms with Crippen molar-refractivity contribution in [2.24, 2.45) is 5.92 Å². The van der Waals surface area contributed by atoms with Crippen molar-refractivity contribution in [2.75, 3.05) is 6.54 Å². The summed E-state index contributed by atoms with van der Waals surface area (Å²) in [5, 5.41) is 9.24. The van der Waals surface area contributed by atoms with Crippen molar-refractivity contribution in [1.82, 2.24) is 20.0 Å². The predicted molar refractivity (Wildman–Crippen MR) is 95.0 cm³/mol. The summed E-state index contributed by atoms with van der Waals surface area (Å²) in [5.41, 5.74) is 2.13. The molecule has 0 atom stereocenters. The van der Waals surface area contributed by atoms with Crippen LogP contribution in [0.5, 0.6) is 0 Å². The Morgan fingerprint density at radius 2 is 2.36 bits per heavy atom. The molecule has 1 saturated carbocycles. The molecule has 0 unspecified atom stereocenters. The van der Waals surface area contributed by atoms with Crippen LogP contribution in [0.4, 0.5) is 0 Å². The van der Waals surface area contributed by atoms with E-state index in [0.717, 1.165) is 35.7 Å². The van der Waals surface area contributed by atoms with Crippen LogP contribution in [0.3, 0.4) is 0 Å². The number of aromatic nitrogens is 2. The van der Waals surface area contributed by atoms with Gasteiger partial charge in [-0.15, -0.1) is 11.3 Å². The second-order valence-corrected chi connectivity index (χ2v) is 6.74. The van der Waals surface area contributed by atoms with Crippen LogP contribution >= 0.6 is 23.6 Å². The van der Waals surface area contributed by atoms with Gasteiger partial charge in [-0.1, -0.05) is 19.3 Å². The van der Waals surface area contributed by atoms with Crippen molar-refractivity contribution in [3.8, 4) is 11.8 Å². The maximum Gasteiger partial charge on any atom is 0.194 e. The number of thiazole rings is 1. The van der Waals surface area contributed by atoms with E-state index in [2.05, 4.69) is 44.2 Å². The zero-order valence-corrected chi connectivity index (χ0v) is 14.3. The first-order valence-corrected chi connectivity index (χ1v) is 9.03. The molecule has 0 saturated heterocycles. The summed E-state index contributed by atoms with van der Waals surface area (Å²) in [5.74, 6) is 7.22. The van der Waals surface area contributed by atoms with Crippen molar-refractivity contribution in [3.05, 3.63) is 23.0 Å². The van der Waals surface area contributed by atoms with Crippen molar-refractivity contribution in [2.45, 2.75) is 39.2 Å². The molecular weight excluding hydrogens is 312 g/mol. The fourth-order valence-electron chi connectivity index (χ4n) is 2.10.